The summed E-state index contributed by atoms with van der Waals surface area (Å²) in [5.41, 5.74) is 0.669. The number of alkyl halides is 1. The van der Waals surface area contributed by atoms with Crippen molar-refractivity contribution in [2.75, 3.05) is 13.2 Å². The van der Waals surface area contributed by atoms with Crippen molar-refractivity contribution in [1.29, 1.82) is 0 Å². The highest BCUT2D eigenvalue weighted by Crippen LogP contribution is 2.56. The molecule has 0 bridgehead atoms. The number of rotatable bonds is 3. The first kappa shape index (κ1) is 9.97. The third-order valence-electron chi connectivity index (χ3n) is 3.77. The van der Waals surface area contributed by atoms with E-state index >= 15 is 0 Å². The largest absolute Gasteiger partial charge is 0.381 e. The quantitative estimate of drug-likeness (QED) is 0.695. The van der Waals surface area contributed by atoms with Crippen LogP contribution in [0.3, 0.4) is 0 Å². The molecule has 2 fully saturated rings. The summed E-state index contributed by atoms with van der Waals surface area (Å²) in [5, 5.41) is 0. The summed E-state index contributed by atoms with van der Waals surface area (Å²) in [6, 6.07) is 0. The Morgan fingerprint density at radius 1 is 1.38 bits per heavy atom. The van der Waals surface area contributed by atoms with Crippen LogP contribution in [-0.2, 0) is 4.74 Å². The lowest BCUT2D eigenvalue weighted by Gasteiger charge is -2.28. The van der Waals surface area contributed by atoms with Gasteiger partial charge in [-0.3, -0.25) is 0 Å². The summed E-state index contributed by atoms with van der Waals surface area (Å²) >= 11 is 3.75. The topological polar surface area (TPSA) is 9.23 Å². The van der Waals surface area contributed by atoms with E-state index in [0.717, 1.165) is 19.1 Å². The molecule has 1 aliphatic carbocycles. The number of hydrogen-bond acceptors (Lipinski definition) is 1. The van der Waals surface area contributed by atoms with Gasteiger partial charge in [-0.15, -0.1) is 0 Å². The fraction of sp³-hybridized carbons (Fsp3) is 1.00. The van der Waals surface area contributed by atoms with E-state index in [1.165, 1.54) is 32.1 Å². The van der Waals surface area contributed by atoms with E-state index < -0.39 is 0 Å². The van der Waals surface area contributed by atoms with Crippen LogP contribution in [0.2, 0.25) is 0 Å². The van der Waals surface area contributed by atoms with Gasteiger partial charge >= 0.3 is 0 Å². The van der Waals surface area contributed by atoms with Crippen molar-refractivity contribution in [2.24, 2.45) is 11.3 Å². The molecule has 0 N–H and O–H groups in total. The predicted molar refractivity (Wildman–Crippen MR) is 58.2 cm³/mol. The predicted octanol–water partition coefficient (Wildman–Crippen LogP) is 3.37. The van der Waals surface area contributed by atoms with Crippen LogP contribution in [0.4, 0.5) is 0 Å². The third-order valence-corrected chi connectivity index (χ3v) is 4.74. The molecule has 1 aliphatic heterocycles. The molecular formula is C11H19BrO. The SMILES string of the molecule is CC(Br)C1(CC2CCOCC2)CC1. The van der Waals surface area contributed by atoms with Gasteiger partial charge in [0.15, 0.2) is 0 Å². The smallest absolute Gasteiger partial charge is 0.0468 e. The highest BCUT2D eigenvalue weighted by molar-refractivity contribution is 9.09. The highest BCUT2D eigenvalue weighted by atomic mass is 79.9. The summed E-state index contributed by atoms with van der Waals surface area (Å²) in [4.78, 5) is 0.711. The monoisotopic (exact) mass is 246 g/mol. The zero-order valence-electron chi connectivity index (χ0n) is 8.39. The molecule has 13 heavy (non-hydrogen) atoms. The lowest BCUT2D eigenvalue weighted by Crippen LogP contribution is -2.22. The Kier molecular flexibility index (Phi) is 2.99. The fourth-order valence-electron chi connectivity index (χ4n) is 2.45. The summed E-state index contributed by atoms with van der Waals surface area (Å²) in [7, 11) is 0. The Morgan fingerprint density at radius 3 is 2.46 bits per heavy atom. The molecule has 2 heteroatoms. The number of halogens is 1. The van der Waals surface area contributed by atoms with Gasteiger partial charge in [0.25, 0.3) is 0 Å². The molecule has 2 rings (SSSR count). The molecule has 1 unspecified atom stereocenters. The molecule has 1 nitrogen and oxygen atoms in total. The molecule has 0 radical (unpaired) electrons. The second-order valence-corrected chi connectivity index (χ2v) is 6.11. The molecular weight excluding hydrogens is 228 g/mol. The first-order chi connectivity index (χ1) is 6.23. The van der Waals surface area contributed by atoms with Gasteiger partial charge < -0.3 is 4.74 Å². The second-order valence-electron chi connectivity index (χ2n) is 4.74. The average Bonchev–Trinajstić information content (AvgIpc) is 2.87. The second kappa shape index (κ2) is 3.90. The Hall–Kier alpha value is 0.440. The van der Waals surface area contributed by atoms with Crippen LogP contribution >= 0.6 is 15.9 Å². The van der Waals surface area contributed by atoms with Gasteiger partial charge in [-0.05, 0) is 43.4 Å². The van der Waals surface area contributed by atoms with E-state index in [1.54, 1.807) is 0 Å². The van der Waals surface area contributed by atoms with E-state index in [9.17, 15) is 0 Å². The van der Waals surface area contributed by atoms with Crippen molar-refractivity contribution in [2.45, 2.75) is 43.9 Å². The maximum atomic E-state index is 5.38. The van der Waals surface area contributed by atoms with E-state index in [1.807, 2.05) is 0 Å². The maximum Gasteiger partial charge on any atom is 0.0468 e. The minimum atomic E-state index is 0.669. The third kappa shape index (κ3) is 2.27. The van der Waals surface area contributed by atoms with Gasteiger partial charge in [-0.2, -0.15) is 0 Å². The lowest BCUT2D eigenvalue weighted by atomic mass is 9.85. The Labute approximate surface area is 89.4 Å². The van der Waals surface area contributed by atoms with Crippen molar-refractivity contribution in [3.05, 3.63) is 0 Å². The Morgan fingerprint density at radius 2 is 2.00 bits per heavy atom. The van der Waals surface area contributed by atoms with Crippen LogP contribution in [0.1, 0.15) is 39.0 Å². The molecule has 0 amide bonds. The molecule has 0 spiro atoms. The van der Waals surface area contributed by atoms with Crippen molar-refractivity contribution in [3.63, 3.8) is 0 Å². The van der Waals surface area contributed by atoms with Gasteiger partial charge in [0.1, 0.15) is 0 Å². The zero-order chi connectivity index (χ0) is 9.31. The maximum absolute atomic E-state index is 5.38. The summed E-state index contributed by atoms with van der Waals surface area (Å²) in [5.74, 6) is 0.941. The van der Waals surface area contributed by atoms with Crippen molar-refractivity contribution in [3.8, 4) is 0 Å². The molecule has 2 aliphatic rings. The van der Waals surface area contributed by atoms with E-state index in [2.05, 4.69) is 22.9 Å². The van der Waals surface area contributed by atoms with Crippen LogP contribution in [0.15, 0.2) is 0 Å². The van der Waals surface area contributed by atoms with Gasteiger partial charge in [0.05, 0.1) is 0 Å². The molecule has 1 atom stereocenters. The standard InChI is InChI=1S/C11H19BrO/c1-9(12)11(4-5-11)8-10-2-6-13-7-3-10/h9-10H,2-8H2,1H3. The molecule has 0 aromatic carbocycles. The first-order valence-corrected chi connectivity index (χ1v) is 6.36. The van der Waals surface area contributed by atoms with Gasteiger partial charge in [0.2, 0.25) is 0 Å². The molecule has 1 heterocycles. The highest BCUT2D eigenvalue weighted by Gasteiger charge is 2.47. The normalized spacial score (nSPS) is 30.0. The van der Waals surface area contributed by atoms with Crippen LogP contribution in [-0.4, -0.2) is 18.0 Å². The summed E-state index contributed by atoms with van der Waals surface area (Å²) < 4.78 is 5.38. The van der Waals surface area contributed by atoms with E-state index in [4.69, 9.17) is 4.74 Å². The number of hydrogen-bond donors (Lipinski definition) is 0. The Bertz CT molecular complexity index is 169. The summed E-state index contributed by atoms with van der Waals surface area (Å²) in [6.45, 7) is 4.31. The fourth-order valence-corrected chi connectivity index (χ4v) is 3.10. The average molecular weight is 247 g/mol. The number of ether oxygens (including phenoxy) is 1. The lowest BCUT2D eigenvalue weighted by molar-refractivity contribution is 0.0571. The van der Waals surface area contributed by atoms with Crippen molar-refractivity contribution in [1.82, 2.24) is 0 Å². The molecule has 0 aromatic rings. The molecule has 1 saturated heterocycles. The molecule has 1 saturated carbocycles. The van der Waals surface area contributed by atoms with Crippen LogP contribution < -0.4 is 0 Å². The molecule has 0 aromatic heterocycles. The van der Waals surface area contributed by atoms with Crippen LogP contribution in [0, 0.1) is 11.3 Å². The van der Waals surface area contributed by atoms with Crippen LogP contribution in [0.5, 0.6) is 0 Å². The van der Waals surface area contributed by atoms with Gasteiger partial charge in [-0.25, -0.2) is 0 Å². The molecule has 76 valence electrons. The van der Waals surface area contributed by atoms with Crippen molar-refractivity contribution < 1.29 is 4.74 Å². The van der Waals surface area contributed by atoms with E-state index in [0.29, 0.717) is 10.2 Å². The first-order valence-electron chi connectivity index (χ1n) is 5.45. The Balaban J connectivity index is 1.82. The summed E-state index contributed by atoms with van der Waals surface area (Å²) in [6.07, 6.45) is 6.90. The minimum Gasteiger partial charge on any atom is -0.381 e. The van der Waals surface area contributed by atoms with Crippen molar-refractivity contribution >= 4 is 15.9 Å². The zero-order valence-corrected chi connectivity index (χ0v) is 9.98. The minimum absolute atomic E-state index is 0.669. The van der Waals surface area contributed by atoms with Crippen LogP contribution in [0.25, 0.3) is 0 Å². The van der Waals surface area contributed by atoms with Gasteiger partial charge in [0, 0.05) is 18.0 Å². The van der Waals surface area contributed by atoms with Gasteiger partial charge in [-0.1, -0.05) is 22.9 Å². The van der Waals surface area contributed by atoms with E-state index in [-0.39, 0.29) is 0 Å².